The minimum atomic E-state index is -1.13. The summed E-state index contributed by atoms with van der Waals surface area (Å²) in [5.74, 6) is -1.97. The first kappa shape index (κ1) is 20.8. The first-order valence-electron chi connectivity index (χ1n) is 8.90. The van der Waals surface area contributed by atoms with Crippen molar-refractivity contribution >= 4 is 40.3 Å². The maximum Gasteiger partial charge on any atom is 0.322 e. The van der Waals surface area contributed by atoms with Crippen LogP contribution in [0.2, 0.25) is 0 Å². The molecule has 0 radical (unpaired) electrons. The Hall–Kier alpha value is -2.90. The molecule has 1 atom stereocenters. The zero-order valence-corrected chi connectivity index (χ0v) is 16.8. The molecule has 2 N–H and O–H groups in total. The van der Waals surface area contributed by atoms with Crippen molar-refractivity contribution < 1.29 is 23.6 Å². The summed E-state index contributed by atoms with van der Waals surface area (Å²) in [5.41, 5.74) is 4.70. The van der Waals surface area contributed by atoms with E-state index in [0.29, 0.717) is 11.1 Å². The summed E-state index contributed by atoms with van der Waals surface area (Å²) in [6, 6.07) is 11.7. The lowest BCUT2D eigenvalue weighted by Gasteiger charge is -2.07. The van der Waals surface area contributed by atoms with Gasteiger partial charge in [0.05, 0.1) is 6.42 Å². The van der Waals surface area contributed by atoms with Gasteiger partial charge in [0.25, 0.3) is 0 Å². The molecular weight excluding hydrogens is 393 g/mol. The number of fused-ring (bicyclic) bond motifs is 1. The minimum Gasteiger partial charge on any atom is -0.612 e. The molecule has 7 heteroatoms. The molecule has 0 spiro atoms. The van der Waals surface area contributed by atoms with Gasteiger partial charge in [-0.2, -0.15) is 0 Å². The number of halogens is 1. The van der Waals surface area contributed by atoms with E-state index in [0.717, 1.165) is 27.2 Å². The third-order valence-electron chi connectivity index (χ3n) is 4.75. The molecule has 150 valence electrons. The molecule has 3 rings (SSSR count). The lowest BCUT2D eigenvalue weighted by atomic mass is 10.0. The van der Waals surface area contributed by atoms with Gasteiger partial charge in [-0.1, -0.05) is 6.07 Å². The first-order valence-corrected chi connectivity index (χ1v) is 10.5. The number of carboxylic acids is 1. The maximum absolute atomic E-state index is 13.9. The second kappa shape index (κ2) is 8.63. The quantitative estimate of drug-likeness (QED) is 0.710. The highest BCUT2D eigenvalue weighted by Crippen LogP contribution is 2.43. The van der Waals surface area contributed by atoms with Gasteiger partial charge >= 0.3 is 5.97 Å². The first-order chi connectivity index (χ1) is 13.8. The number of hydrogen-bond donors (Lipinski definition) is 2. The van der Waals surface area contributed by atoms with Crippen LogP contribution in [0.1, 0.15) is 30.0 Å². The summed E-state index contributed by atoms with van der Waals surface area (Å²) in [4.78, 5) is 23.6. The Morgan fingerprint density at radius 2 is 1.86 bits per heavy atom. The van der Waals surface area contributed by atoms with Gasteiger partial charge in [-0.3, -0.25) is 9.59 Å². The molecule has 1 aliphatic carbocycles. The number of benzene rings is 2. The molecule has 2 aromatic carbocycles. The van der Waals surface area contributed by atoms with Crippen LogP contribution < -0.4 is 5.32 Å². The van der Waals surface area contributed by atoms with Crippen LogP contribution in [0.4, 0.5) is 4.39 Å². The zero-order chi connectivity index (χ0) is 21.1. The Morgan fingerprint density at radius 1 is 1.17 bits per heavy atom. The Morgan fingerprint density at radius 3 is 2.48 bits per heavy atom. The second-order valence-corrected chi connectivity index (χ2v) is 8.10. The fourth-order valence-corrected chi connectivity index (χ4v) is 3.82. The lowest BCUT2D eigenvalue weighted by molar-refractivity contribution is -0.137. The van der Waals surface area contributed by atoms with E-state index in [1.807, 2.05) is 25.1 Å². The third-order valence-corrected chi connectivity index (χ3v) is 5.69. The molecule has 0 heterocycles. The predicted molar refractivity (Wildman–Crippen MR) is 111 cm³/mol. The normalized spacial score (nSPS) is 15.4. The Kier molecular flexibility index (Phi) is 6.20. The van der Waals surface area contributed by atoms with Crippen molar-refractivity contribution in [1.82, 2.24) is 5.32 Å². The fraction of sp³-hybridized carbons (Fsp3) is 0.182. The van der Waals surface area contributed by atoms with Crippen molar-refractivity contribution in [3.05, 3.63) is 70.5 Å². The number of hydrogen-bond acceptors (Lipinski definition) is 3. The third kappa shape index (κ3) is 4.75. The van der Waals surface area contributed by atoms with Crippen LogP contribution in [0.15, 0.2) is 52.9 Å². The SMILES string of the molecule is CC1=C(CC(=O)NCC(=O)O)c2cc(F)ccc2/C1=C/c1ccc([S+](C)[O-])cc1. The maximum atomic E-state index is 13.9. The molecule has 0 aliphatic heterocycles. The number of aliphatic carboxylic acids is 1. The number of nitrogens with one attached hydrogen (secondary N) is 1. The Balaban J connectivity index is 1.98. The van der Waals surface area contributed by atoms with E-state index in [1.165, 1.54) is 12.1 Å². The van der Waals surface area contributed by atoms with Crippen molar-refractivity contribution in [2.75, 3.05) is 12.8 Å². The summed E-state index contributed by atoms with van der Waals surface area (Å²) in [6.07, 6.45) is 3.51. The highest BCUT2D eigenvalue weighted by Gasteiger charge is 2.25. The van der Waals surface area contributed by atoms with Crippen LogP contribution in [0.25, 0.3) is 17.2 Å². The van der Waals surface area contributed by atoms with E-state index >= 15 is 0 Å². The number of carbonyl (C=O) groups excluding carboxylic acids is 1. The number of rotatable bonds is 6. The van der Waals surface area contributed by atoms with E-state index in [-0.39, 0.29) is 6.42 Å². The molecule has 0 saturated heterocycles. The fourth-order valence-electron chi connectivity index (χ4n) is 3.30. The van der Waals surface area contributed by atoms with E-state index in [9.17, 15) is 18.5 Å². The molecule has 0 bridgehead atoms. The van der Waals surface area contributed by atoms with Crippen LogP contribution in [0.5, 0.6) is 0 Å². The van der Waals surface area contributed by atoms with Gasteiger partial charge in [0.15, 0.2) is 4.90 Å². The summed E-state index contributed by atoms with van der Waals surface area (Å²) in [7, 11) is 0. The largest absolute Gasteiger partial charge is 0.612 e. The van der Waals surface area contributed by atoms with E-state index in [2.05, 4.69) is 5.32 Å². The lowest BCUT2D eigenvalue weighted by Crippen LogP contribution is -2.29. The molecule has 29 heavy (non-hydrogen) atoms. The summed E-state index contributed by atoms with van der Waals surface area (Å²) < 4.78 is 25.4. The van der Waals surface area contributed by atoms with Gasteiger partial charge in [0.1, 0.15) is 18.6 Å². The number of carbonyl (C=O) groups is 2. The van der Waals surface area contributed by atoms with Crippen LogP contribution >= 0.6 is 0 Å². The van der Waals surface area contributed by atoms with E-state index in [1.54, 1.807) is 24.5 Å². The Labute approximate surface area is 171 Å². The molecule has 0 saturated carbocycles. The van der Waals surface area contributed by atoms with Gasteiger partial charge in [-0.25, -0.2) is 4.39 Å². The monoisotopic (exact) mass is 413 g/mol. The van der Waals surface area contributed by atoms with Crippen molar-refractivity contribution in [1.29, 1.82) is 0 Å². The molecule has 0 aromatic heterocycles. The van der Waals surface area contributed by atoms with Crippen LogP contribution in [-0.2, 0) is 20.8 Å². The molecule has 5 nitrogen and oxygen atoms in total. The molecule has 2 aromatic rings. The Bertz CT molecular complexity index is 1030. The van der Waals surface area contributed by atoms with Crippen molar-refractivity contribution in [2.24, 2.45) is 0 Å². The number of carboxylic acid groups (broad SMARTS) is 1. The smallest absolute Gasteiger partial charge is 0.322 e. The minimum absolute atomic E-state index is 0.0410. The van der Waals surface area contributed by atoms with Crippen LogP contribution in [-0.4, -0.2) is 34.3 Å². The number of amides is 1. The van der Waals surface area contributed by atoms with Gasteiger partial charge < -0.3 is 15.0 Å². The molecule has 1 aliphatic rings. The van der Waals surface area contributed by atoms with Crippen LogP contribution in [0, 0.1) is 5.82 Å². The van der Waals surface area contributed by atoms with Gasteiger partial charge in [0, 0.05) is 0 Å². The highest BCUT2D eigenvalue weighted by molar-refractivity contribution is 7.90. The molecular formula is C22H20FNO4S. The standard InChI is InChI=1S/C22H20FNO4S/c1-13-18(9-14-3-6-16(7-4-14)29(2)28)17-8-5-15(23)10-20(17)19(13)11-21(25)24-12-22(26)27/h3-10H,11-12H2,1-2H3,(H,24,25)(H,26,27)/b18-9+. The summed E-state index contributed by atoms with van der Waals surface area (Å²) in [6.45, 7) is 1.40. The van der Waals surface area contributed by atoms with E-state index < -0.39 is 35.4 Å². The average Bonchev–Trinajstić information content (AvgIpc) is 2.92. The van der Waals surface area contributed by atoms with Crippen LogP contribution in [0.3, 0.4) is 0 Å². The van der Waals surface area contributed by atoms with Crippen molar-refractivity contribution in [3.63, 3.8) is 0 Å². The number of allylic oxidation sites excluding steroid dienone is 2. The summed E-state index contributed by atoms with van der Waals surface area (Å²) in [5, 5.41) is 11.1. The molecule has 1 unspecified atom stereocenters. The predicted octanol–water partition coefficient (Wildman–Crippen LogP) is 3.48. The second-order valence-electron chi connectivity index (χ2n) is 6.72. The van der Waals surface area contributed by atoms with Gasteiger partial charge in [-0.05, 0) is 94.0 Å². The summed E-state index contributed by atoms with van der Waals surface area (Å²) >= 11 is -1.06. The molecule has 0 fully saturated rings. The zero-order valence-electron chi connectivity index (χ0n) is 16.0. The van der Waals surface area contributed by atoms with Crippen molar-refractivity contribution in [3.8, 4) is 0 Å². The van der Waals surface area contributed by atoms with Gasteiger partial charge in [-0.15, -0.1) is 0 Å². The molecule has 1 amide bonds. The average molecular weight is 413 g/mol. The van der Waals surface area contributed by atoms with Gasteiger partial charge in [0.2, 0.25) is 5.91 Å². The van der Waals surface area contributed by atoms with Crippen molar-refractivity contribution in [2.45, 2.75) is 18.2 Å². The van der Waals surface area contributed by atoms with E-state index in [4.69, 9.17) is 5.11 Å². The topological polar surface area (TPSA) is 89.5 Å². The highest BCUT2D eigenvalue weighted by atomic mass is 32.2.